The van der Waals surface area contributed by atoms with E-state index in [0.29, 0.717) is 6.54 Å². The van der Waals surface area contributed by atoms with Crippen molar-refractivity contribution in [3.63, 3.8) is 0 Å². The topological polar surface area (TPSA) is 34.9 Å². The van der Waals surface area contributed by atoms with Crippen molar-refractivity contribution in [2.45, 2.75) is 6.54 Å². The quantitative estimate of drug-likeness (QED) is 0.692. The van der Waals surface area contributed by atoms with Gasteiger partial charge in [0, 0.05) is 17.0 Å². The fourth-order valence-electron chi connectivity index (χ4n) is 1.84. The van der Waals surface area contributed by atoms with Gasteiger partial charge in [0.2, 0.25) is 0 Å². The van der Waals surface area contributed by atoms with Gasteiger partial charge >= 0.3 is 0 Å². The van der Waals surface area contributed by atoms with Gasteiger partial charge in [-0.05, 0) is 22.4 Å². The van der Waals surface area contributed by atoms with E-state index in [1.807, 2.05) is 12.1 Å². The number of hydrogen-bond donors (Lipinski definition) is 0. The Morgan fingerprint density at radius 3 is 3.00 bits per heavy atom. The molecule has 84 valence electrons. The lowest BCUT2D eigenvalue weighted by Gasteiger charge is -2.02. The SMILES string of the molecule is O=c1ccncn1Cc1csc2ccccc12. The molecule has 3 aromatic rings. The maximum absolute atomic E-state index is 11.6. The van der Waals surface area contributed by atoms with Crippen LogP contribution >= 0.6 is 11.3 Å². The molecule has 0 spiro atoms. The molecule has 0 unspecified atom stereocenters. The molecule has 0 aliphatic rings. The third-order valence-corrected chi connectivity index (χ3v) is 3.71. The molecule has 3 nitrogen and oxygen atoms in total. The van der Waals surface area contributed by atoms with E-state index in [1.165, 1.54) is 27.9 Å². The molecule has 1 aromatic carbocycles. The average molecular weight is 242 g/mol. The highest BCUT2D eigenvalue weighted by molar-refractivity contribution is 7.17. The van der Waals surface area contributed by atoms with E-state index in [4.69, 9.17) is 0 Å². The molecule has 17 heavy (non-hydrogen) atoms. The Balaban J connectivity index is 2.06. The summed E-state index contributed by atoms with van der Waals surface area (Å²) in [6, 6.07) is 9.70. The Kier molecular flexibility index (Phi) is 2.49. The Labute approximate surface area is 102 Å². The van der Waals surface area contributed by atoms with Gasteiger partial charge in [-0.1, -0.05) is 18.2 Å². The van der Waals surface area contributed by atoms with Crippen molar-refractivity contribution in [1.82, 2.24) is 9.55 Å². The van der Waals surface area contributed by atoms with Crippen molar-refractivity contribution >= 4 is 21.4 Å². The van der Waals surface area contributed by atoms with Gasteiger partial charge in [-0.25, -0.2) is 4.98 Å². The molecular weight excluding hydrogens is 232 g/mol. The number of thiophene rings is 1. The molecule has 0 saturated heterocycles. The van der Waals surface area contributed by atoms with Crippen molar-refractivity contribution in [3.8, 4) is 0 Å². The molecule has 0 aliphatic heterocycles. The maximum atomic E-state index is 11.6. The lowest BCUT2D eigenvalue weighted by atomic mass is 10.2. The highest BCUT2D eigenvalue weighted by Gasteiger charge is 2.04. The van der Waals surface area contributed by atoms with Gasteiger partial charge < -0.3 is 0 Å². The van der Waals surface area contributed by atoms with Crippen LogP contribution in [0.3, 0.4) is 0 Å². The molecule has 0 atom stereocenters. The van der Waals surface area contributed by atoms with E-state index in [0.717, 1.165) is 0 Å². The van der Waals surface area contributed by atoms with Crippen molar-refractivity contribution in [3.05, 3.63) is 64.2 Å². The summed E-state index contributed by atoms with van der Waals surface area (Å²) in [7, 11) is 0. The Morgan fingerprint density at radius 2 is 2.12 bits per heavy atom. The van der Waals surface area contributed by atoms with E-state index in [-0.39, 0.29) is 5.56 Å². The Morgan fingerprint density at radius 1 is 1.24 bits per heavy atom. The third-order valence-electron chi connectivity index (χ3n) is 2.69. The lowest BCUT2D eigenvalue weighted by molar-refractivity contribution is 0.741. The second kappa shape index (κ2) is 4.14. The predicted molar refractivity (Wildman–Crippen MR) is 69.4 cm³/mol. The van der Waals surface area contributed by atoms with E-state index >= 15 is 0 Å². The van der Waals surface area contributed by atoms with Gasteiger partial charge in [-0.3, -0.25) is 9.36 Å². The largest absolute Gasteiger partial charge is 0.295 e. The van der Waals surface area contributed by atoms with Crippen LogP contribution in [0.2, 0.25) is 0 Å². The summed E-state index contributed by atoms with van der Waals surface area (Å²) in [6.07, 6.45) is 3.10. The normalized spacial score (nSPS) is 10.8. The van der Waals surface area contributed by atoms with Gasteiger partial charge in [0.15, 0.2) is 0 Å². The van der Waals surface area contributed by atoms with Crippen molar-refractivity contribution in [2.75, 3.05) is 0 Å². The zero-order valence-electron chi connectivity index (χ0n) is 9.04. The summed E-state index contributed by atoms with van der Waals surface area (Å²) >= 11 is 1.70. The number of benzene rings is 1. The molecule has 3 rings (SSSR count). The van der Waals surface area contributed by atoms with E-state index in [1.54, 1.807) is 22.2 Å². The smallest absolute Gasteiger partial charge is 0.253 e. The first kappa shape index (κ1) is 10.2. The number of rotatable bonds is 2. The Hall–Kier alpha value is -1.94. The van der Waals surface area contributed by atoms with Crippen molar-refractivity contribution < 1.29 is 0 Å². The standard InChI is InChI=1S/C13H10N2OS/c16-13-5-6-14-9-15(13)7-10-8-17-12-4-2-1-3-11(10)12/h1-6,8-9H,7H2. The first-order valence-electron chi connectivity index (χ1n) is 5.30. The van der Waals surface area contributed by atoms with Gasteiger partial charge in [0.25, 0.3) is 5.56 Å². The first-order chi connectivity index (χ1) is 8.34. The highest BCUT2D eigenvalue weighted by Crippen LogP contribution is 2.25. The van der Waals surface area contributed by atoms with E-state index < -0.39 is 0 Å². The minimum Gasteiger partial charge on any atom is -0.295 e. The molecule has 2 aromatic heterocycles. The van der Waals surface area contributed by atoms with Crippen LogP contribution in [0.1, 0.15) is 5.56 Å². The number of nitrogens with zero attached hydrogens (tertiary/aromatic N) is 2. The predicted octanol–water partition coefficient (Wildman–Crippen LogP) is 2.51. The van der Waals surface area contributed by atoms with Gasteiger partial charge in [-0.2, -0.15) is 0 Å². The summed E-state index contributed by atoms with van der Waals surface area (Å²) in [4.78, 5) is 15.6. The second-order valence-corrected chi connectivity index (χ2v) is 4.71. The molecule has 0 bridgehead atoms. The average Bonchev–Trinajstić information content (AvgIpc) is 2.76. The zero-order chi connectivity index (χ0) is 11.7. The molecule has 0 radical (unpaired) electrons. The molecule has 0 amide bonds. The van der Waals surface area contributed by atoms with Crippen LogP contribution in [0.5, 0.6) is 0 Å². The summed E-state index contributed by atoms with van der Waals surface area (Å²) in [5.41, 5.74) is 1.15. The second-order valence-electron chi connectivity index (χ2n) is 3.80. The maximum Gasteiger partial charge on any atom is 0.253 e. The Bertz CT molecular complexity index is 714. The molecule has 0 saturated carbocycles. The minimum atomic E-state index is -0.0183. The van der Waals surface area contributed by atoms with Crippen molar-refractivity contribution in [1.29, 1.82) is 0 Å². The van der Waals surface area contributed by atoms with Crippen LogP contribution in [0.25, 0.3) is 10.1 Å². The fraction of sp³-hybridized carbons (Fsp3) is 0.0769. The number of fused-ring (bicyclic) bond motifs is 1. The van der Waals surface area contributed by atoms with Gasteiger partial charge in [0.1, 0.15) is 0 Å². The third kappa shape index (κ3) is 1.87. The minimum absolute atomic E-state index is 0.0183. The van der Waals surface area contributed by atoms with Crippen LogP contribution in [-0.2, 0) is 6.54 Å². The summed E-state index contributed by atoms with van der Waals surface area (Å²) in [5, 5.41) is 3.32. The monoisotopic (exact) mass is 242 g/mol. The molecule has 4 heteroatoms. The van der Waals surface area contributed by atoms with Crippen LogP contribution in [0.4, 0.5) is 0 Å². The van der Waals surface area contributed by atoms with E-state index in [2.05, 4.69) is 22.5 Å². The zero-order valence-corrected chi connectivity index (χ0v) is 9.85. The fourth-order valence-corrected chi connectivity index (χ4v) is 2.79. The molecule has 2 heterocycles. The van der Waals surface area contributed by atoms with Crippen molar-refractivity contribution in [2.24, 2.45) is 0 Å². The van der Waals surface area contributed by atoms with E-state index in [9.17, 15) is 4.79 Å². The van der Waals surface area contributed by atoms with Crippen LogP contribution in [-0.4, -0.2) is 9.55 Å². The van der Waals surface area contributed by atoms with Crippen LogP contribution < -0.4 is 5.56 Å². The van der Waals surface area contributed by atoms with Gasteiger partial charge in [0.05, 0.1) is 12.9 Å². The van der Waals surface area contributed by atoms with Crippen LogP contribution in [0.15, 0.2) is 53.0 Å². The molecule has 0 N–H and O–H groups in total. The molecule has 0 aliphatic carbocycles. The summed E-state index contributed by atoms with van der Waals surface area (Å²) in [5.74, 6) is 0. The number of aromatic nitrogens is 2. The summed E-state index contributed by atoms with van der Waals surface area (Å²) in [6.45, 7) is 0.580. The van der Waals surface area contributed by atoms with Gasteiger partial charge in [-0.15, -0.1) is 11.3 Å². The number of hydrogen-bond acceptors (Lipinski definition) is 3. The lowest BCUT2D eigenvalue weighted by Crippen LogP contribution is -2.19. The first-order valence-corrected chi connectivity index (χ1v) is 6.18. The summed E-state index contributed by atoms with van der Waals surface area (Å²) < 4.78 is 2.87. The highest BCUT2D eigenvalue weighted by atomic mass is 32.1. The van der Waals surface area contributed by atoms with Crippen LogP contribution in [0, 0.1) is 0 Å². The molecule has 0 fully saturated rings. The molecular formula is C13H10N2OS.